The molecule has 3 nitrogen and oxygen atoms in total. The number of rotatable bonds is 11. The van der Waals surface area contributed by atoms with E-state index in [-0.39, 0.29) is 58.0 Å². The number of hydrogen-bond acceptors (Lipinski definition) is 3. The van der Waals surface area contributed by atoms with Gasteiger partial charge in [-0.2, -0.15) is 0 Å². The number of ketones is 1. The third-order valence-corrected chi connectivity index (χ3v) is 11.0. The number of aromatic nitrogens is 1. The van der Waals surface area contributed by atoms with Crippen molar-refractivity contribution in [3.05, 3.63) is 115 Å². The first-order valence-corrected chi connectivity index (χ1v) is 18.8. The van der Waals surface area contributed by atoms with Gasteiger partial charge in [0.1, 0.15) is 0 Å². The van der Waals surface area contributed by atoms with E-state index in [1.807, 2.05) is 33.9 Å². The number of fused-ring (bicyclic) bond motifs is 1. The molecule has 0 atom stereocenters. The molecule has 0 saturated heterocycles. The zero-order valence-corrected chi connectivity index (χ0v) is 33.6. The molecule has 1 N–H and O–H groups in total. The Morgan fingerprint density at radius 3 is 1.88 bits per heavy atom. The maximum absolute atomic E-state index is 11.7. The van der Waals surface area contributed by atoms with Crippen LogP contribution in [0.2, 0.25) is 0 Å². The van der Waals surface area contributed by atoms with Crippen LogP contribution in [0, 0.1) is 23.3 Å². The number of nitrogens with zero attached hydrogens (tertiary/aromatic N) is 1. The number of aliphatic hydroxyl groups is 1. The Labute approximate surface area is 308 Å². The average Bonchev–Trinajstić information content (AvgIpc) is 3.51. The van der Waals surface area contributed by atoms with Gasteiger partial charge in [0.05, 0.1) is 5.76 Å². The van der Waals surface area contributed by atoms with Gasteiger partial charge in [-0.25, -0.2) is 0 Å². The molecule has 2 heterocycles. The van der Waals surface area contributed by atoms with E-state index < -0.39 is 0 Å². The van der Waals surface area contributed by atoms with Crippen LogP contribution in [-0.4, -0.2) is 30.4 Å². The number of hydrogen-bond donors (Lipinski definition) is 1. The Balaban J connectivity index is 0.000000334. The van der Waals surface area contributed by atoms with Crippen LogP contribution in [0.4, 0.5) is 0 Å². The summed E-state index contributed by atoms with van der Waals surface area (Å²) in [7, 11) is 0. The Kier molecular flexibility index (Phi) is 15.3. The fourth-order valence-electron chi connectivity index (χ4n) is 5.83. The number of pyridine rings is 1. The first kappa shape index (κ1) is 39.4. The Bertz CT molecular complexity index is 1720. The molecule has 3 aromatic carbocycles. The van der Waals surface area contributed by atoms with Crippen molar-refractivity contribution < 1.29 is 30.0 Å². The minimum Gasteiger partial charge on any atom is -0.512 e. The van der Waals surface area contributed by atoms with E-state index in [0.717, 1.165) is 37.8 Å². The standard InChI is InChI=1S/C30H26NSe.C13H24O2.Ir/c1-30(2,3)20-21-8-10-22(11-9-21)23-12-14-24(15-13-23)25-16-17-31-27(18-25)29-19-26-6-4-5-7-28(26)32-29;1-5-10(6-2)12(14)9-13(15)11(7-3)8-4;/h4-18H,20H2,1-3H3;9-11,14H,5-8H2,1-4H3;/q-1;;/b;12-9-;. The predicted octanol–water partition coefficient (Wildman–Crippen LogP) is 11.5. The number of carbonyl (C=O) groups excluding carboxylic acids is 1. The Morgan fingerprint density at radius 2 is 1.33 bits per heavy atom. The van der Waals surface area contributed by atoms with Crippen molar-refractivity contribution in [1.29, 1.82) is 0 Å². The van der Waals surface area contributed by atoms with Crippen molar-refractivity contribution in [2.45, 2.75) is 80.6 Å². The smallest absolute Gasteiger partial charge is 0.162 e. The Hall–Kier alpha value is -3.07. The third-order valence-electron chi connectivity index (χ3n) is 8.66. The molecule has 0 aliphatic carbocycles. The summed E-state index contributed by atoms with van der Waals surface area (Å²) in [6.45, 7) is 14.9. The molecule has 5 heteroatoms. The van der Waals surface area contributed by atoms with Crippen molar-refractivity contribution in [2.24, 2.45) is 17.3 Å². The first-order valence-electron chi connectivity index (χ1n) is 17.1. The van der Waals surface area contributed by atoms with Gasteiger partial charge >= 0.3 is 164 Å². The summed E-state index contributed by atoms with van der Waals surface area (Å²) in [6, 6.07) is 34.2. The van der Waals surface area contributed by atoms with Gasteiger partial charge in [0.15, 0.2) is 5.78 Å². The van der Waals surface area contributed by atoms with Gasteiger partial charge in [0.25, 0.3) is 0 Å². The number of allylic oxidation sites excluding steroid dienone is 2. The van der Waals surface area contributed by atoms with Gasteiger partial charge < -0.3 is 5.11 Å². The normalized spacial score (nSPS) is 11.7. The van der Waals surface area contributed by atoms with Crippen LogP contribution in [0.15, 0.2) is 103 Å². The molecular formula is C43H50IrNO2Se-. The number of aliphatic hydroxyl groups excluding tert-OH is 1. The second kappa shape index (κ2) is 18.6. The third kappa shape index (κ3) is 11.0. The maximum Gasteiger partial charge on any atom is 0.162 e. The quantitative estimate of drug-likeness (QED) is 0.0622. The minimum atomic E-state index is 0. The van der Waals surface area contributed by atoms with Crippen LogP contribution in [0.3, 0.4) is 0 Å². The van der Waals surface area contributed by atoms with Crippen LogP contribution in [0.1, 0.15) is 79.7 Å². The number of carbonyl (C=O) groups is 1. The average molecular weight is 884 g/mol. The zero-order chi connectivity index (χ0) is 34.0. The van der Waals surface area contributed by atoms with Gasteiger partial charge in [-0.1, -0.05) is 48.5 Å². The molecule has 0 saturated carbocycles. The molecule has 0 aliphatic heterocycles. The molecule has 0 aliphatic rings. The summed E-state index contributed by atoms with van der Waals surface area (Å²) in [5.41, 5.74) is 7.66. The van der Waals surface area contributed by atoms with Crippen LogP contribution < -0.4 is 0 Å². The van der Waals surface area contributed by atoms with Gasteiger partial charge in [-0.3, -0.25) is 4.79 Å². The molecule has 0 unspecified atom stereocenters. The van der Waals surface area contributed by atoms with Crippen molar-refractivity contribution in [3.8, 4) is 32.4 Å². The summed E-state index contributed by atoms with van der Waals surface area (Å²) >= 11 is 0.269. The van der Waals surface area contributed by atoms with Crippen LogP contribution >= 0.6 is 0 Å². The van der Waals surface area contributed by atoms with E-state index in [1.165, 1.54) is 48.0 Å². The fourth-order valence-corrected chi connectivity index (χ4v) is 7.87. The fraction of sp³-hybridized carbons (Fsp3) is 0.349. The minimum absolute atomic E-state index is 0. The van der Waals surface area contributed by atoms with Crippen LogP contribution in [-0.2, 0) is 31.3 Å². The van der Waals surface area contributed by atoms with Gasteiger partial charge in [-0.05, 0) is 37.5 Å². The van der Waals surface area contributed by atoms with Crippen molar-refractivity contribution in [3.63, 3.8) is 0 Å². The van der Waals surface area contributed by atoms with E-state index in [0.29, 0.717) is 5.41 Å². The molecule has 0 fully saturated rings. The number of benzene rings is 3. The monoisotopic (exact) mass is 885 g/mol. The SMILES string of the molecule is CC(C)(C)Cc1ccc(-c2ccc(-c3ccnc(-c4[c-]c5ccccc5[se]4)c3)cc2)cc1.CCC(CC)C(=O)/C=C(\O)C(CC)CC.[Ir]. The van der Waals surface area contributed by atoms with Crippen molar-refractivity contribution >= 4 is 29.9 Å². The van der Waals surface area contributed by atoms with E-state index in [9.17, 15) is 9.90 Å². The second-order valence-electron chi connectivity index (χ2n) is 13.5. The van der Waals surface area contributed by atoms with E-state index in [4.69, 9.17) is 0 Å². The van der Waals surface area contributed by atoms with E-state index in [1.54, 1.807) is 0 Å². The predicted molar refractivity (Wildman–Crippen MR) is 201 cm³/mol. The summed E-state index contributed by atoms with van der Waals surface area (Å²) < 4.78 is 2.62. The molecule has 2 aromatic heterocycles. The second-order valence-corrected chi connectivity index (χ2v) is 15.7. The molecule has 255 valence electrons. The summed E-state index contributed by atoms with van der Waals surface area (Å²) in [5.74, 6) is 0.547. The first-order chi connectivity index (χ1) is 22.5. The summed E-state index contributed by atoms with van der Waals surface area (Å²) in [4.78, 5) is 16.4. The van der Waals surface area contributed by atoms with Gasteiger partial charge in [-0.15, -0.1) is 0 Å². The van der Waals surface area contributed by atoms with E-state index >= 15 is 0 Å². The summed E-state index contributed by atoms with van der Waals surface area (Å²) in [6.07, 6.45) is 7.92. The topological polar surface area (TPSA) is 50.2 Å². The molecule has 48 heavy (non-hydrogen) atoms. The van der Waals surface area contributed by atoms with Crippen LogP contribution in [0.5, 0.6) is 0 Å². The van der Waals surface area contributed by atoms with Crippen molar-refractivity contribution in [1.82, 2.24) is 4.98 Å². The molecular weight excluding hydrogens is 834 g/mol. The van der Waals surface area contributed by atoms with Crippen molar-refractivity contribution in [2.75, 3.05) is 0 Å². The molecule has 0 bridgehead atoms. The summed E-state index contributed by atoms with van der Waals surface area (Å²) in [5, 5.41) is 11.0. The van der Waals surface area contributed by atoms with E-state index in [2.05, 4.69) is 117 Å². The Morgan fingerprint density at radius 1 is 0.792 bits per heavy atom. The molecule has 0 amide bonds. The zero-order valence-electron chi connectivity index (χ0n) is 29.5. The van der Waals surface area contributed by atoms with Crippen LogP contribution in [0.25, 0.3) is 42.0 Å². The maximum atomic E-state index is 11.7. The molecule has 5 rings (SSSR count). The van der Waals surface area contributed by atoms with Gasteiger partial charge in [0.2, 0.25) is 0 Å². The van der Waals surface area contributed by atoms with Gasteiger partial charge in [0, 0.05) is 38.0 Å². The molecule has 1 radical (unpaired) electrons. The molecule has 0 spiro atoms. The largest absolute Gasteiger partial charge is 0.512 e. The molecule has 5 aromatic rings.